The van der Waals surface area contributed by atoms with E-state index in [1.54, 1.807) is 0 Å². The van der Waals surface area contributed by atoms with Crippen LogP contribution in [0.25, 0.3) is 0 Å². The van der Waals surface area contributed by atoms with Crippen LogP contribution in [0.15, 0.2) is 6.20 Å². The van der Waals surface area contributed by atoms with Gasteiger partial charge in [-0.2, -0.15) is 5.10 Å². The Kier molecular flexibility index (Phi) is 9.96. The number of unbranched alkanes of at least 4 members (excludes halogenated alkanes) is 1. The van der Waals surface area contributed by atoms with Crippen LogP contribution in [0.2, 0.25) is 0 Å². The highest BCUT2D eigenvalue weighted by atomic mass is 16.5. The average Bonchev–Trinajstić information content (AvgIpc) is 3.11. The first kappa shape index (κ1) is 23.4. The maximum atomic E-state index is 6.26. The lowest BCUT2D eigenvalue weighted by Gasteiger charge is -2.35. The summed E-state index contributed by atoms with van der Waals surface area (Å²) in [5, 5.41) is 7.72. The van der Waals surface area contributed by atoms with Gasteiger partial charge >= 0.3 is 0 Å². The topological polar surface area (TPSA) is 50.4 Å². The molecule has 1 saturated carbocycles. The standard InChI is InChI=1S/C23H43N3O2/c1-7-8-9-26(6)14-20-13-24-25-23(20)19-10-21(27-15-17(2)3)12-22(11-19)28-16-18(4)5/h13,17-19,21-22H,7-12,14-16H2,1-6H3,(H,24,25). The zero-order valence-corrected chi connectivity index (χ0v) is 19.0. The van der Waals surface area contributed by atoms with Crippen molar-refractivity contribution in [2.45, 2.75) is 91.4 Å². The molecule has 0 aromatic carbocycles. The molecule has 2 unspecified atom stereocenters. The van der Waals surface area contributed by atoms with Gasteiger partial charge < -0.3 is 14.4 Å². The van der Waals surface area contributed by atoms with Gasteiger partial charge in [-0.3, -0.25) is 5.10 Å². The van der Waals surface area contributed by atoms with Crippen LogP contribution >= 0.6 is 0 Å². The Morgan fingerprint density at radius 3 is 2.21 bits per heavy atom. The number of hydrogen-bond acceptors (Lipinski definition) is 4. The van der Waals surface area contributed by atoms with Crippen molar-refractivity contribution in [2.75, 3.05) is 26.8 Å². The summed E-state index contributed by atoms with van der Waals surface area (Å²) in [6.45, 7) is 14.8. The third-order valence-electron chi connectivity index (χ3n) is 5.44. The van der Waals surface area contributed by atoms with Gasteiger partial charge in [-0.15, -0.1) is 0 Å². The van der Waals surface area contributed by atoms with Crippen LogP contribution in [-0.4, -0.2) is 54.1 Å². The average molecular weight is 394 g/mol. The summed E-state index contributed by atoms with van der Waals surface area (Å²) in [6, 6.07) is 0. The summed E-state index contributed by atoms with van der Waals surface area (Å²) in [7, 11) is 2.20. The molecule has 5 nitrogen and oxygen atoms in total. The summed E-state index contributed by atoms with van der Waals surface area (Å²) >= 11 is 0. The number of aromatic nitrogens is 2. The molecule has 0 amide bonds. The van der Waals surface area contributed by atoms with Crippen LogP contribution in [0, 0.1) is 11.8 Å². The lowest BCUT2D eigenvalue weighted by Crippen LogP contribution is -2.34. The van der Waals surface area contributed by atoms with Crippen molar-refractivity contribution >= 4 is 0 Å². The molecule has 0 radical (unpaired) electrons. The Balaban J connectivity index is 2.05. The predicted molar refractivity (Wildman–Crippen MR) is 116 cm³/mol. The Morgan fingerprint density at radius 1 is 1.07 bits per heavy atom. The second-order valence-corrected chi connectivity index (χ2v) is 9.50. The van der Waals surface area contributed by atoms with E-state index in [2.05, 4.69) is 56.8 Å². The lowest BCUT2D eigenvalue weighted by molar-refractivity contribution is -0.0621. The molecule has 5 heteroatoms. The molecule has 2 atom stereocenters. The minimum absolute atomic E-state index is 0.271. The van der Waals surface area contributed by atoms with E-state index < -0.39 is 0 Å². The van der Waals surface area contributed by atoms with E-state index in [1.807, 2.05) is 6.20 Å². The van der Waals surface area contributed by atoms with Crippen molar-refractivity contribution in [3.05, 3.63) is 17.5 Å². The summed E-state index contributed by atoms with van der Waals surface area (Å²) in [6.07, 6.45) is 8.15. The van der Waals surface area contributed by atoms with E-state index in [9.17, 15) is 0 Å². The first-order valence-electron chi connectivity index (χ1n) is 11.3. The number of aromatic amines is 1. The Bertz CT molecular complexity index is 524. The highest BCUT2D eigenvalue weighted by molar-refractivity contribution is 5.21. The monoisotopic (exact) mass is 393 g/mol. The minimum Gasteiger partial charge on any atom is -0.378 e. The molecule has 0 spiro atoms. The van der Waals surface area contributed by atoms with Crippen molar-refractivity contribution in [3.8, 4) is 0 Å². The summed E-state index contributed by atoms with van der Waals surface area (Å²) in [5.74, 6) is 1.55. The van der Waals surface area contributed by atoms with E-state index in [4.69, 9.17) is 9.47 Å². The van der Waals surface area contributed by atoms with E-state index in [0.717, 1.165) is 45.6 Å². The summed E-state index contributed by atoms with van der Waals surface area (Å²) in [5.41, 5.74) is 2.62. The number of hydrogen-bond donors (Lipinski definition) is 1. The molecule has 1 aliphatic carbocycles. The molecular formula is C23H43N3O2. The van der Waals surface area contributed by atoms with Crippen LogP contribution in [-0.2, 0) is 16.0 Å². The second-order valence-electron chi connectivity index (χ2n) is 9.50. The molecule has 0 bridgehead atoms. The van der Waals surface area contributed by atoms with E-state index in [1.165, 1.54) is 24.1 Å². The highest BCUT2D eigenvalue weighted by Crippen LogP contribution is 2.37. The zero-order chi connectivity index (χ0) is 20.5. The van der Waals surface area contributed by atoms with Crippen molar-refractivity contribution in [1.29, 1.82) is 0 Å². The van der Waals surface area contributed by atoms with Crippen LogP contribution in [0.3, 0.4) is 0 Å². The Morgan fingerprint density at radius 2 is 1.68 bits per heavy atom. The van der Waals surface area contributed by atoms with E-state index in [-0.39, 0.29) is 12.2 Å². The first-order chi connectivity index (χ1) is 13.4. The van der Waals surface area contributed by atoms with Gasteiger partial charge in [-0.1, -0.05) is 41.0 Å². The lowest BCUT2D eigenvalue weighted by atomic mass is 9.82. The fourth-order valence-corrected chi connectivity index (χ4v) is 3.98. The van der Waals surface area contributed by atoms with Gasteiger partial charge in [0.15, 0.2) is 0 Å². The third kappa shape index (κ3) is 7.84. The summed E-state index contributed by atoms with van der Waals surface area (Å²) < 4.78 is 12.5. The molecule has 1 fully saturated rings. The molecule has 2 rings (SSSR count). The van der Waals surface area contributed by atoms with Crippen molar-refractivity contribution in [3.63, 3.8) is 0 Å². The normalized spacial score (nSPS) is 23.2. The molecule has 1 aromatic rings. The molecule has 0 saturated heterocycles. The molecule has 1 aromatic heterocycles. The molecular weight excluding hydrogens is 350 g/mol. The first-order valence-corrected chi connectivity index (χ1v) is 11.3. The second kappa shape index (κ2) is 11.9. The molecule has 0 aliphatic heterocycles. The van der Waals surface area contributed by atoms with Gasteiger partial charge in [0, 0.05) is 36.9 Å². The minimum atomic E-state index is 0.271. The highest BCUT2D eigenvalue weighted by Gasteiger charge is 2.33. The smallest absolute Gasteiger partial charge is 0.0606 e. The molecule has 1 N–H and O–H groups in total. The van der Waals surface area contributed by atoms with Crippen molar-refractivity contribution in [2.24, 2.45) is 11.8 Å². The molecule has 1 aliphatic rings. The van der Waals surface area contributed by atoms with E-state index >= 15 is 0 Å². The number of ether oxygens (including phenoxy) is 2. The largest absolute Gasteiger partial charge is 0.378 e. The summed E-state index contributed by atoms with van der Waals surface area (Å²) in [4.78, 5) is 2.40. The number of rotatable bonds is 12. The van der Waals surface area contributed by atoms with Gasteiger partial charge in [-0.25, -0.2) is 0 Å². The van der Waals surface area contributed by atoms with Gasteiger partial charge in [-0.05, 0) is 51.1 Å². The van der Waals surface area contributed by atoms with Gasteiger partial charge in [0.2, 0.25) is 0 Å². The third-order valence-corrected chi connectivity index (χ3v) is 5.44. The SMILES string of the molecule is CCCCN(C)Cc1cn[nH]c1C1CC(OCC(C)C)CC(OCC(C)C)C1. The quantitative estimate of drug-likeness (QED) is 0.543. The molecule has 162 valence electrons. The Hall–Kier alpha value is -0.910. The van der Waals surface area contributed by atoms with Crippen molar-refractivity contribution in [1.82, 2.24) is 15.1 Å². The van der Waals surface area contributed by atoms with Crippen LogP contribution in [0.5, 0.6) is 0 Å². The van der Waals surface area contributed by atoms with Crippen LogP contribution < -0.4 is 0 Å². The van der Waals surface area contributed by atoms with Crippen LogP contribution in [0.4, 0.5) is 0 Å². The van der Waals surface area contributed by atoms with E-state index in [0.29, 0.717) is 17.8 Å². The predicted octanol–water partition coefficient (Wildman–Crippen LogP) is 4.99. The number of nitrogens with zero attached hydrogens (tertiary/aromatic N) is 2. The zero-order valence-electron chi connectivity index (χ0n) is 19.0. The van der Waals surface area contributed by atoms with Gasteiger partial charge in [0.1, 0.15) is 0 Å². The molecule has 28 heavy (non-hydrogen) atoms. The fraction of sp³-hybridized carbons (Fsp3) is 0.870. The van der Waals surface area contributed by atoms with Gasteiger partial charge in [0.25, 0.3) is 0 Å². The maximum absolute atomic E-state index is 6.26. The van der Waals surface area contributed by atoms with Crippen molar-refractivity contribution < 1.29 is 9.47 Å². The molecule has 1 heterocycles. The van der Waals surface area contributed by atoms with Gasteiger partial charge in [0.05, 0.1) is 18.4 Å². The number of nitrogens with one attached hydrogen (secondary N) is 1. The maximum Gasteiger partial charge on any atom is 0.0606 e. The number of H-pyrrole nitrogens is 1. The van der Waals surface area contributed by atoms with Crippen LogP contribution in [0.1, 0.15) is 83.9 Å². The Labute approximate surface area is 172 Å². The fourth-order valence-electron chi connectivity index (χ4n) is 3.98.